The van der Waals surface area contributed by atoms with Gasteiger partial charge in [0.15, 0.2) is 0 Å². The van der Waals surface area contributed by atoms with Crippen molar-refractivity contribution in [1.82, 2.24) is 0 Å². The van der Waals surface area contributed by atoms with E-state index >= 15 is 0 Å². The molecule has 0 bridgehead atoms. The molecule has 0 spiro atoms. The number of hydrogen-bond donors (Lipinski definition) is 2. The van der Waals surface area contributed by atoms with Gasteiger partial charge in [-0.15, -0.1) is 0 Å². The minimum absolute atomic E-state index is 0.426. The molecule has 2 aromatic carbocycles. The molecule has 0 aliphatic carbocycles. The Morgan fingerprint density at radius 1 is 1.19 bits per heavy atom. The van der Waals surface area contributed by atoms with Crippen LogP contribution < -0.4 is 5.32 Å². The van der Waals surface area contributed by atoms with E-state index in [4.69, 9.17) is 5.26 Å². The number of nitriles is 1. The number of aliphatic hydroxyl groups excluding tert-OH is 1. The number of nitrogens with zero attached hydrogens (tertiary/aromatic N) is 1. The van der Waals surface area contributed by atoms with Crippen molar-refractivity contribution in [3.8, 4) is 6.07 Å². The van der Waals surface area contributed by atoms with Crippen molar-refractivity contribution in [1.29, 1.82) is 5.26 Å². The number of aliphatic hydroxyl groups is 1. The molecule has 3 nitrogen and oxygen atoms in total. The minimum atomic E-state index is -0.611. The van der Waals surface area contributed by atoms with Gasteiger partial charge in [0.2, 0.25) is 0 Å². The third-order valence-electron chi connectivity index (χ3n) is 3.39. The first-order valence-electron chi connectivity index (χ1n) is 6.70. The van der Waals surface area contributed by atoms with Gasteiger partial charge in [0.1, 0.15) is 0 Å². The van der Waals surface area contributed by atoms with Crippen molar-refractivity contribution in [2.24, 2.45) is 0 Å². The molecule has 0 radical (unpaired) electrons. The maximum Gasteiger partial charge on any atom is 0.0991 e. The lowest BCUT2D eigenvalue weighted by molar-refractivity contribution is 0.191. The molecule has 2 aromatic rings. The van der Waals surface area contributed by atoms with E-state index in [1.54, 1.807) is 24.3 Å². The number of benzene rings is 2. The monoisotopic (exact) mass is 344 g/mol. The molecule has 0 aliphatic heterocycles. The third kappa shape index (κ3) is 3.84. The Kier molecular flexibility index (Phi) is 5.00. The van der Waals surface area contributed by atoms with E-state index < -0.39 is 6.10 Å². The quantitative estimate of drug-likeness (QED) is 0.878. The van der Waals surface area contributed by atoms with Crippen LogP contribution in [0.4, 0.5) is 5.69 Å². The van der Waals surface area contributed by atoms with Crippen LogP contribution in [0.3, 0.4) is 0 Å². The Hall–Kier alpha value is -1.83. The largest absolute Gasteiger partial charge is 0.387 e. The van der Waals surface area contributed by atoms with Crippen molar-refractivity contribution in [3.05, 3.63) is 63.1 Å². The van der Waals surface area contributed by atoms with Gasteiger partial charge in [0.25, 0.3) is 0 Å². The molecule has 108 valence electrons. The summed E-state index contributed by atoms with van der Waals surface area (Å²) in [6.07, 6.45) is -0.611. The minimum Gasteiger partial charge on any atom is -0.387 e. The van der Waals surface area contributed by atoms with Crippen LogP contribution >= 0.6 is 15.9 Å². The van der Waals surface area contributed by atoms with Crippen LogP contribution in [0.25, 0.3) is 0 Å². The first-order valence-corrected chi connectivity index (χ1v) is 7.49. The zero-order valence-corrected chi connectivity index (χ0v) is 13.6. The first kappa shape index (κ1) is 15.6. The molecule has 0 saturated carbocycles. The van der Waals surface area contributed by atoms with E-state index in [0.717, 1.165) is 26.9 Å². The predicted molar refractivity (Wildman–Crippen MR) is 88.2 cm³/mol. The summed E-state index contributed by atoms with van der Waals surface area (Å²) in [5.74, 6) is 0. The van der Waals surface area contributed by atoms with Crippen LogP contribution in [0.5, 0.6) is 0 Å². The van der Waals surface area contributed by atoms with Gasteiger partial charge in [-0.2, -0.15) is 5.26 Å². The highest BCUT2D eigenvalue weighted by Gasteiger charge is 2.10. The lowest BCUT2D eigenvalue weighted by Gasteiger charge is -2.17. The second kappa shape index (κ2) is 6.75. The van der Waals surface area contributed by atoms with E-state index in [1.807, 2.05) is 26.0 Å². The molecule has 0 aromatic heterocycles. The van der Waals surface area contributed by atoms with Gasteiger partial charge in [-0.3, -0.25) is 0 Å². The number of aryl methyl sites for hydroxylation is 2. The average molecular weight is 345 g/mol. The maximum atomic E-state index is 10.2. The number of anilines is 1. The maximum absolute atomic E-state index is 10.2. The molecule has 1 unspecified atom stereocenters. The molecule has 21 heavy (non-hydrogen) atoms. The van der Waals surface area contributed by atoms with Gasteiger partial charge < -0.3 is 10.4 Å². The third-order valence-corrected chi connectivity index (χ3v) is 3.85. The summed E-state index contributed by atoms with van der Waals surface area (Å²) in [5.41, 5.74) is 4.71. The fourth-order valence-corrected chi connectivity index (χ4v) is 2.97. The van der Waals surface area contributed by atoms with E-state index in [-0.39, 0.29) is 0 Å². The highest BCUT2D eigenvalue weighted by molar-refractivity contribution is 9.10. The number of halogens is 1. The topological polar surface area (TPSA) is 56.0 Å². The lowest BCUT2D eigenvalue weighted by Crippen LogP contribution is -2.13. The molecule has 1 atom stereocenters. The second-order valence-corrected chi connectivity index (χ2v) is 5.96. The van der Waals surface area contributed by atoms with Crippen LogP contribution in [-0.2, 0) is 0 Å². The smallest absolute Gasteiger partial charge is 0.0991 e. The van der Waals surface area contributed by atoms with E-state index in [0.29, 0.717) is 12.1 Å². The zero-order chi connectivity index (χ0) is 15.4. The van der Waals surface area contributed by atoms with Crippen molar-refractivity contribution >= 4 is 21.6 Å². The van der Waals surface area contributed by atoms with Gasteiger partial charge in [0, 0.05) is 16.7 Å². The SMILES string of the molecule is Cc1cc(Br)cc(C)c1NCC(O)c1ccc(C#N)cc1. The fourth-order valence-electron chi connectivity index (χ4n) is 2.29. The van der Waals surface area contributed by atoms with Crippen LogP contribution in [0.1, 0.15) is 28.4 Å². The Morgan fingerprint density at radius 3 is 2.29 bits per heavy atom. The summed E-state index contributed by atoms with van der Waals surface area (Å²) in [5, 5.41) is 22.3. The normalized spacial score (nSPS) is 11.8. The Bertz CT molecular complexity index is 651. The standard InChI is InChI=1S/C17H17BrN2O/c1-11-7-15(18)8-12(2)17(11)20-10-16(21)14-5-3-13(9-19)4-6-14/h3-8,16,20-21H,10H2,1-2H3. The molecule has 4 heteroatoms. The molecule has 2 N–H and O–H groups in total. The van der Waals surface area contributed by atoms with Crippen LogP contribution in [0.15, 0.2) is 40.9 Å². The van der Waals surface area contributed by atoms with Gasteiger partial charge >= 0.3 is 0 Å². The molecule has 0 aliphatic rings. The van der Waals surface area contributed by atoms with Crippen LogP contribution in [-0.4, -0.2) is 11.7 Å². The van der Waals surface area contributed by atoms with Crippen molar-refractivity contribution in [2.45, 2.75) is 20.0 Å². The average Bonchev–Trinajstić information content (AvgIpc) is 2.46. The molecule has 2 rings (SSSR count). The molecule has 0 fully saturated rings. The zero-order valence-electron chi connectivity index (χ0n) is 12.0. The highest BCUT2D eigenvalue weighted by Crippen LogP contribution is 2.26. The van der Waals surface area contributed by atoms with E-state index in [2.05, 4.69) is 27.3 Å². The molecule has 0 amide bonds. The van der Waals surface area contributed by atoms with Gasteiger partial charge in [-0.25, -0.2) is 0 Å². The molecular formula is C17H17BrN2O. The summed E-state index contributed by atoms with van der Waals surface area (Å²) in [6, 6.07) is 13.2. The summed E-state index contributed by atoms with van der Waals surface area (Å²) in [6.45, 7) is 4.50. The second-order valence-electron chi connectivity index (χ2n) is 5.05. The first-order chi connectivity index (χ1) is 10.0. The Balaban J connectivity index is 2.07. The van der Waals surface area contributed by atoms with Gasteiger partial charge in [0.05, 0.1) is 17.7 Å². The molecule has 0 saturated heterocycles. The van der Waals surface area contributed by atoms with Crippen molar-refractivity contribution < 1.29 is 5.11 Å². The Labute approximate surface area is 133 Å². The number of nitrogens with one attached hydrogen (secondary N) is 1. The number of hydrogen-bond acceptors (Lipinski definition) is 3. The van der Waals surface area contributed by atoms with Gasteiger partial charge in [-0.1, -0.05) is 28.1 Å². The summed E-state index contributed by atoms with van der Waals surface area (Å²) in [7, 11) is 0. The van der Waals surface area contributed by atoms with Crippen molar-refractivity contribution in [2.75, 3.05) is 11.9 Å². The van der Waals surface area contributed by atoms with E-state index in [9.17, 15) is 5.11 Å². The lowest BCUT2D eigenvalue weighted by atomic mass is 10.1. The van der Waals surface area contributed by atoms with E-state index in [1.165, 1.54) is 0 Å². The summed E-state index contributed by atoms with van der Waals surface area (Å²) in [4.78, 5) is 0. The summed E-state index contributed by atoms with van der Waals surface area (Å²) >= 11 is 3.47. The molecular weight excluding hydrogens is 328 g/mol. The molecule has 0 heterocycles. The van der Waals surface area contributed by atoms with Crippen LogP contribution in [0.2, 0.25) is 0 Å². The Morgan fingerprint density at radius 2 is 1.76 bits per heavy atom. The predicted octanol–water partition coefficient (Wildman–Crippen LogP) is 4.08. The number of rotatable bonds is 4. The fraction of sp³-hybridized carbons (Fsp3) is 0.235. The van der Waals surface area contributed by atoms with Gasteiger partial charge in [-0.05, 0) is 54.8 Å². The summed E-state index contributed by atoms with van der Waals surface area (Å²) < 4.78 is 1.05. The van der Waals surface area contributed by atoms with Crippen molar-refractivity contribution in [3.63, 3.8) is 0 Å². The van der Waals surface area contributed by atoms with Crippen LogP contribution in [0, 0.1) is 25.2 Å². The highest BCUT2D eigenvalue weighted by atomic mass is 79.9.